The van der Waals surface area contributed by atoms with Crippen LogP contribution in [-0.2, 0) is 4.79 Å². The maximum absolute atomic E-state index is 11.7. The fourth-order valence-electron chi connectivity index (χ4n) is 3.00. The van der Waals surface area contributed by atoms with E-state index in [1.54, 1.807) is 0 Å². The maximum Gasteiger partial charge on any atom is 0.149 e. The quantitative estimate of drug-likeness (QED) is 0.638. The number of carbonyl (C=O) groups excluding carboxylic acids is 1. The van der Waals surface area contributed by atoms with E-state index < -0.39 is 0 Å². The molecule has 2 heteroatoms. The van der Waals surface area contributed by atoms with Gasteiger partial charge in [0.1, 0.15) is 5.78 Å². The van der Waals surface area contributed by atoms with Crippen LogP contribution < -0.4 is 0 Å². The van der Waals surface area contributed by atoms with Gasteiger partial charge in [-0.05, 0) is 31.6 Å². The molecule has 1 aliphatic heterocycles. The van der Waals surface area contributed by atoms with Crippen molar-refractivity contribution in [2.45, 2.75) is 52.1 Å². The molecule has 1 saturated carbocycles. The predicted molar refractivity (Wildman–Crippen MR) is 57.1 cm³/mol. The van der Waals surface area contributed by atoms with Crippen molar-refractivity contribution in [3.05, 3.63) is 0 Å². The number of likely N-dealkylation sites (tertiary alicyclic amines) is 1. The minimum atomic E-state index is 0.261. The summed E-state index contributed by atoms with van der Waals surface area (Å²) in [5.74, 6) is 1.97. The van der Waals surface area contributed by atoms with Crippen molar-refractivity contribution in [1.82, 2.24) is 4.90 Å². The highest BCUT2D eigenvalue weighted by molar-refractivity contribution is 5.86. The molecule has 0 amide bonds. The number of Topliss-reactive ketones (excluding diaryl/α,β-unsaturated/α-hetero) is 1. The van der Waals surface area contributed by atoms with Crippen molar-refractivity contribution in [3.8, 4) is 0 Å². The van der Waals surface area contributed by atoms with Gasteiger partial charge >= 0.3 is 0 Å². The summed E-state index contributed by atoms with van der Waals surface area (Å²) in [6.07, 6.45) is 3.02. The summed E-state index contributed by atoms with van der Waals surface area (Å²) in [6.45, 7) is 8.02. The summed E-state index contributed by atoms with van der Waals surface area (Å²) >= 11 is 0. The second-order valence-corrected chi connectivity index (χ2v) is 5.15. The second-order valence-electron chi connectivity index (χ2n) is 5.15. The van der Waals surface area contributed by atoms with Crippen molar-refractivity contribution >= 4 is 5.78 Å². The average Bonchev–Trinajstić information content (AvgIpc) is 2.66. The van der Waals surface area contributed by atoms with Crippen LogP contribution in [0.3, 0.4) is 0 Å². The van der Waals surface area contributed by atoms with Crippen LogP contribution in [0.4, 0.5) is 0 Å². The van der Waals surface area contributed by atoms with Crippen LogP contribution in [-0.4, -0.2) is 29.3 Å². The van der Waals surface area contributed by atoms with Crippen molar-refractivity contribution in [1.29, 1.82) is 0 Å². The van der Waals surface area contributed by atoms with Gasteiger partial charge in [-0.1, -0.05) is 13.8 Å². The third kappa shape index (κ3) is 1.50. The Morgan fingerprint density at radius 1 is 1.29 bits per heavy atom. The summed E-state index contributed by atoms with van der Waals surface area (Å²) in [6, 6.07) is 0.856. The molecule has 4 atom stereocenters. The van der Waals surface area contributed by atoms with E-state index in [1.807, 2.05) is 0 Å². The van der Waals surface area contributed by atoms with Crippen LogP contribution in [0.5, 0.6) is 0 Å². The van der Waals surface area contributed by atoms with Gasteiger partial charge < -0.3 is 0 Å². The minimum Gasteiger partial charge on any atom is -0.298 e. The van der Waals surface area contributed by atoms with Gasteiger partial charge in [-0.15, -0.1) is 0 Å². The van der Waals surface area contributed by atoms with E-state index in [1.165, 1.54) is 0 Å². The van der Waals surface area contributed by atoms with Crippen LogP contribution in [0, 0.1) is 11.8 Å². The number of hydrogen-bond donors (Lipinski definition) is 0. The zero-order chi connectivity index (χ0) is 10.3. The first-order valence-electron chi connectivity index (χ1n) is 5.89. The Balaban J connectivity index is 2.08. The van der Waals surface area contributed by atoms with Gasteiger partial charge in [0.2, 0.25) is 0 Å². The molecule has 0 bridgehead atoms. The number of nitrogens with zero attached hydrogens (tertiary/aromatic N) is 1. The Bertz CT molecular complexity index is 238. The van der Waals surface area contributed by atoms with E-state index in [2.05, 4.69) is 25.7 Å². The Hall–Kier alpha value is -0.370. The second kappa shape index (κ2) is 3.65. The molecule has 4 unspecified atom stereocenters. The first-order chi connectivity index (χ1) is 6.61. The van der Waals surface area contributed by atoms with Crippen LogP contribution in [0.2, 0.25) is 0 Å². The van der Waals surface area contributed by atoms with Crippen molar-refractivity contribution < 1.29 is 4.79 Å². The molecule has 1 heterocycles. The summed E-state index contributed by atoms with van der Waals surface area (Å²) in [5, 5.41) is 0. The summed E-state index contributed by atoms with van der Waals surface area (Å²) in [4.78, 5) is 14.1. The molecule has 0 aromatic carbocycles. The maximum atomic E-state index is 11.7. The molecule has 2 rings (SSSR count). The number of rotatable bonds is 1. The molecular formula is C12H21NO. The Labute approximate surface area is 86.7 Å². The fraction of sp³-hybridized carbons (Fsp3) is 0.917. The third-order valence-electron chi connectivity index (χ3n) is 4.35. The van der Waals surface area contributed by atoms with E-state index in [0.29, 0.717) is 11.8 Å². The van der Waals surface area contributed by atoms with Crippen LogP contribution in [0.1, 0.15) is 40.0 Å². The molecule has 1 saturated heterocycles. The summed E-state index contributed by atoms with van der Waals surface area (Å²) in [7, 11) is 0. The fourth-order valence-corrected chi connectivity index (χ4v) is 3.00. The molecule has 0 spiro atoms. The van der Waals surface area contributed by atoms with Gasteiger partial charge in [0.15, 0.2) is 0 Å². The lowest BCUT2D eigenvalue weighted by Crippen LogP contribution is -2.41. The van der Waals surface area contributed by atoms with Crippen molar-refractivity contribution in [2.75, 3.05) is 6.54 Å². The lowest BCUT2D eigenvalue weighted by molar-refractivity contribution is -0.122. The van der Waals surface area contributed by atoms with Crippen LogP contribution in [0.25, 0.3) is 0 Å². The Morgan fingerprint density at radius 2 is 2.00 bits per heavy atom. The SMILES string of the molecule is CC1CN(C2CCCC2=O)C(C)C1C. The largest absolute Gasteiger partial charge is 0.298 e. The van der Waals surface area contributed by atoms with Crippen LogP contribution in [0.15, 0.2) is 0 Å². The van der Waals surface area contributed by atoms with Gasteiger partial charge in [0.05, 0.1) is 6.04 Å². The molecule has 0 radical (unpaired) electrons. The highest BCUT2D eigenvalue weighted by atomic mass is 16.1. The van der Waals surface area contributed by atoms with E-state index >= 15 is 0 Å². The van der Waals surface area contributed by atoms with E-state index in [0.717, 1.165) is 37.6 Å². The minimum absolute atomic E-state index is 0.261. The highest BCUT2D eigenvalue weighted by Crippen LogP contribution is 2.34. The summed E-state index contributed by atoms with van der Waals surface area (Å²) < 4.78 is 0. The van der Waals surface area contributed by atoms with E-state index in [4.69, 9.17) is 0 Å². The lowest BCUT2D eigenvalue weighted by atomic mass is 9.95. The lowest BCUT2D eigenvalue weighted by Gasteiger charge is -2.28. The average molecular weight is 195 g/mol. The Kier molecular flexibility index (Phi) is 2.65. The first-order valence-corrected chi connectivity index (χ1v) is 5.89. The van der Waals surface area contributed by atoms with Gasteiger partial charge in [-0.25, -0.2) is 0 Å². The van der Waals surface area contributed by atoms with E-state index in [9.17, 15) is 4.79 Å². The molecule has 0 aromatic rings. The Morgan fingerprint density at radius 3 is 2.43 bits per heavy atom. The molecule has 2 nitrogen and oxygen atoms in total. The molecule has 1 aliphatic carbocycles. The normalized spacial score (nSPS) is 44.9. The van der Waals surface area contributed by atoms with Gasteiger partial charge in [0, 0.05) is 19.0 Å². The van der Waals surface area contributed by atoms with Crippen molar-refractivity contribution in [2.24, 2.45) is 11.8 Å². The van der Waals surface area contributed by atoms with Crippen molar-refractivity contribution in [3.63, 3.8) is 0 Å². The molecule has 0 N–H and O–H groups in total. The molecule has 0 aromatic heterocycles. The third-order valence-corrected chi connectivity index (χ3v) is 4.35. The smallest absolute Gasteiger partial charge is 0.149 e. The zero-order valence-corrected chi connectivity index (χ0v) is 9.49. The molecule has 2 fully saturated rings. The van der Waals surface area contributed by atoms with E-state index in [-0.39, 0.29) is 6.04 Å². The zero-order valence-electron chi connectivity index (χ0n) is 9.49. The monoisotopic (exact) mass is 195 g/mol. The van der Waals surface area contributed by atoms with Gasteiger partial charge in [-0.3, -0.25) is 9.69 Å². The number of carbonyl (C=O) groups is 1. The highest BCUT2D eigenvalue weighted by Gasteiger charge is 2.41. The topological polar surface area (TPSA) is 20.3 Å². The molecular weight excluding hydrogens is 174 g/mol. The number of ketones is 1. The first kappa shape index (κ1) is 10.2. The van der Waals surface area contributed by atoms with Crippen LogP contribution >= 0.6 is 0 Å². The number of hydrogen-bond acceptors (Lipinski definition) is 2. The van der Waals surface area contributed by atoms with Gasteiger partial charge in [-0.2, -0.15) is 0 Å². The van der Waals surface area contributed by atoms with Gasteiger partial charge in [0.25, 0.3) is 0 Å². The molecule has 2 aliphatic rings. The predicted octanol–water partition coefficient (Wildman–Crippen LogP) is 2.08. The molecule has 80 valence electrons. The molecule has 14 heavy (non-hydrogen) atoms. The standard InChI is InChI=1S/C12H21NO/c1-8-7-13(10(3)9(8)2)11-5-4-6-12(11)14/h8-11H,4-7H2,1-3H3. The summed E-state index contributed by atoms with van der Waals surface area (Å²) in [5.41, 5.74) is 0.